The van der Waals surface area contributed by atoms with Crippen LogP contribution in [-0.2, 0) is 5.54 Å². The van der Waals surface area contributed by atoms with E-state index in [4.69, 9.17) is 5.73 Å². The lowest BCUT2D eigenvalue weighted by molar-refractivity contribution is 0.0900. The van der Waals surface area contributed by atoms with E-state index >= 15 is 0 Å². The fourth-order valence-electron chi connectivity index (χ4n) is 2.00. The number of benzene rings is 2. The molecule has 2 heteroatoms. The van der Waals surface area contributed by atoms with Crippen LogP contribution in [-0.4, -0.2) is 5.78 Å². The number of hydrogen-bond donors (Lipinski definition) is 1. The fourth-order valence-corrected chi connectivity index (χ4v) is 2.00. The summed E-state index contributed by atoms with van der Waals surface area (Å²) in [5.41, 5.74) is 7.77. The van der Waals surface area contributed by atoms with Gasteiger partial charge in [0.1, 0.15) is 5.54 Å². The van der Waals surface area contributed by atoms with E-state index in [1.165, 1.54) is 0 Å². The first-order valence-electron chi connectivity index (χ1n) is 5.97. The standard InChI is InChI=1S/C16H17NO/c1-12-7-6-8-13(11-12)15(18)16(2,17)14-9-4-3-5-10-14/h3-11H,17H2,1-2H3. The maximum atomic E-state index is 12.5. The fraction of sp³-hybridized carbons (Fsp3) is 0.188. The van der Waals surface area contributed by atoms with Crippen molar-refractivity contribution < 1.29 is 4.79 Å². The van der Waals surface area contributed by atoms with Gasteiger partial charge in [-0.25, -0.2) is 0 Å². The summed E-state index contributed by atoms with van der Waals surface area (Å²) >= 11 is 0. The minimum absolute atomic E-state index is 0.0580. The largest absolute Gasteiger partial charge is 0.315 e. The smallest absolute Gasteiger partial charge is 0.186 e. The average Bonchev–Trinajstić information content (AvgIpc) is 2.39. The molecule has 2 N–H and O–H groups in total. The number of nitrogens with two attached hydrogens (primary N) is 1. The van der Waals surface area contributed by atoms with Crippen LogP contribution in [0.2, 0.25) is 0 Å². The van der Waals surface area contributed by atoms with Crippen LogP contribution >= 0.6 is 0 Å². The van der Waals surface area contributed by atoms with Crippen molar-refractivity contribution in [3.05, 3.63) is 71.3 Å². The molecule has 0 aromatic heterocycles. The Labute approximate surface area is 107 Å². The molecule has 0 aliphatic rings. The molecular weight excluding hydrogens is 222 g/mol. The first-order valence-corrected chi connectivity index (χ1v) is 5.97. The van der Waals surface area contributed by atoms with E-state index in [-0.39, 0.29) is 5.78 Å². The van der Waals surface area contributed by atoms with Crippen molar-refractivity contribution in [3.63, 3.8) is 0 Å². The molecule has 1 unspecified atom stereocenters. The molecular formula is C16H17NO. The van der Waals surface area contributed by atoms with Crippen molar-refractivity contribution in [1.29, 1.82) is 0 Å². The minimum Gasteiger partial charge on any atom is -0.315 e. The van der Waals surface area contributed by atoms with Gasteiger partial charge in [0.15, 0.2) is 5.78 Å². The molecule has 2 rings (SSSR count). The second-order valence-electron chi connectivity index (χ2n) is 4.77. The van der Waals surface area contributed by atoms with E-state index in [0.717, 1.165) is 11.1 Å². The topological polar surface area (TPSA) is 43.1 Å². The van der Waals surface area contributed by atoms with Gasteiger partial charge >= 0.3 is 0 Å². The molecule has 92 valence electrons. The predicted octanol–water partition coefficient (Wildman–Crippen LogP) is 3.05. The lowest BCUT2D eigenvalue weighted by atomic mass is 9.85. The van der Waals surface area contributed by atoms with Gasteiger partial charge in [-0.3, -0.25) is 4.79 Å². The molecule has 0 saturated heterocycles. The third kappa shape index (κ3) is 2.34. The highest BCUT2D eigenvalue weighted by atomic mass is 16.1. The maximum Gasteiger partial charge on any atom is 0.186 e. The van der Waals surface area contributed by atoms with Crippen LogP contribution in [0, 0.1) is 6.92 Å². The van der Waals surface area contributed by atoms with E-state index in [1.54, 1.807) is 6.92 Å². The van der Waals surface area contributed by atoms with Gasteiger partial charge in [-0.05, 0) is 25.5 Å². The molecule has 0 heterocycles. The van der Waals surface area contributed by atoms with Gasteiger partial charge in [0.2, 0.25) is 0 Å². The molecule has 0 bridgehead atoms. The monoisotopic (exact) mass is 239 g/mol. The zero-order valence-corrected chi connectivity index (χ0v) is 10.7. The summed E-state index contributed by atoms with van der Waals surface area (Å²) in [6.07, 6.45) is 0. The summed E-state index contributed by atoms with van der Waals surface area (Å²) in [6.45, 7) is 3.72. The van der Waals surface area contributed by atoms with Crippen molar-refractivity contribution in [1.82, 2.24) is 0 Å². The third-order valence-electron chi connectivity index (χ3n) is 3.13. The molecule has 2 nitrogen and oxygen atoms in total. The molecule has 1 atom stereocenters. The van der Waals surface area contributed by atoms with E-state index in [1.807, 2.05) is 61.5 Å². The summed E-state index contributed by atoms with van der Waals surface area (Å²) < 4.78 is 0. The third-order valence-corrected chi connectivity index (χ3v) is 3.13. The molecule has 0 radical (unpaired) electrons. The molecule has 0 aliphatic carbocycles. The summed E-state index contributed by atoms with van der Waals surface area (Å²) in [5, 5.41) is 0. The Morgan fingerprint density at radius 3 is 2.33 bits per heavy atom. The number of aryl methyl sites for hydroxylation is 1. The Morgan fingerprint density at radius 1 is 1.06 bits per heavy atom. The Morgan fingerprint density at radius 2 is 1.72 bits per heavy atom. The van der Waals surface area contributed by atoms with E-state index in [0.29, 0.717) is 5.56 Å². The maximum absolute atomic E-state index is 12.5. The van der Waals surface area contributed by atoms with Crippen LogP contribution in [0.1, 0.15) is 28.4 Å². The first-order chi connectivity index (χ1) is 8.51. The second-order valence-corrected chi connectivity index (χ2v) is 4.77. The molecule has 0 fully saturated rings. The van der Waals surface area contributed by atoms with Gasteiger partial charge in [-0.15, -0.1) is 0 Å². The summed E-state index contributed by atoms with van der Waals surface area (Å²) in [7, 11) is 0. The van der Waals surface area contributed by atoms with Crippen LogP contribution in [0.25, 0.3) is 0 Å². The number of Topliss-reactive ketones (excluding diaryl/α,β-unsaturated/α-hetero) is 1. The van der Waals surface area contributed by atoms with Crippen molar-refractivity contribution in [2.75, 3.05) is 0 Å². The quantitative estimate of drug-likeness (QED) is 0.836. The van der Waals surface area contributed by atoms with Gasteiger partial charge in [-0.2, -0.15) is 0 Å². The number of carbonyl (C=O) groups excluding carboxylic acids is 1. The second kappa shape index (κ2) is 4.75. The highest BCUT2D eigenvalue weighted by molar-refractivity contribution is 6.03. The zero-order valence-electron chi connectivity index (χ0n) is 10.7. The van der Waals surface area contributed by atoms with Gasteiger partial charge in [0.25, 0.3) is 0 Å². The van der Waals surface area contributed by atoms with Crippen LogP contribution in [0.4, 0.5) is 0 Å². The Hall–Kier alpha value is -1.93. The van der Waals surface area contributed by atoms with Gasteiger partial charge < -0.3 is 5.73 Å². The normalized spacial score (nSPS) is 13.9. The van der Waals surface area contributed by atoms with E-state index in [9.17, 15) is 4.79 Å². The Bertz CT molecular complexity index is 558. The number of ketones is 1. The number of carbonyl (C=O) groups is 1. The van der Waals surface area contributed by atoms with Gasteiger partial charge in [0.05, 0.1) is 0 Å². The van der Waals surface area contributed by atoms with Crippen molar-refractivity contribution in [3.8, 4) is 0 Å². The average molecular weight is 239 g/mol. The van der Waals surface area contributed by atoms with E-state index < -0.39 is 5.54 Å². The van der Waals surface area contributed by atoms with Gasteiger partial charge in [-0.1, -0.05) is 54.1 Å². The molecule has 0 aliphatic heterocycles. The lowest BCUT2D eigenvalue weighted by Gasteiger charge is -2.23. The van der Waals surface area contributed by atoms with Crippen LogP contribution in [0.5, 0.6) is 0 Å². The lowest BCUT2D eigenvalue weighted by Crippen LogP contribution is -2.41. The molecule has 0 spiro atoms. The summed E-state index contributed by atoms with van der Waals surface area (Å²) in [6, 6.07) is 17.0. The molecule has 18 heavy (non-hydrogen) atoms. The highest BCUT2D eigenvalue weighted by Crippen LogP contribution is 2.23. The van der Waals surface area contributed by atoms with Crippen molar-refractivity contribution in [2.45, 2.75) is 19.4 Å². The Balaban J connectivity index is 2.39. The zero-order chi connectivity index (χ0) is 13.2. The number of rotatable bonds is 3. The van der Waals surface area contributed by atoms with Crippen molar-refractivity contribution >= 4 is 5.78 Å². The van der Waals surface area contributed by atoms with Crippen LogP contribution in [0.15, 0.2) is 54.6 Å². The molecule has 2 aromatic rings. The molecule has 0 saturated carbocycles. The van der Waals surface area contributed by atoms with E-state index in [2.05, 4.69) is 0 Å². The highest BCUT2D eigenvalue weighted by Gasteiger charge is 2.31. The van der Waals surface area contributed by atoms with Gasteiger partial charge in [0, 0.05) is 5.56 Å². The van der Waals surface area contributed by atoms with Crippen molar-refractivity contribution in [2.24, 2.45) is 5.73 Å². The SMILES string of the molecule is Cc1cccc(C(=O)C(C)(N)c2ccccc2)c1. The molecule has 2 aromatic carbocycles. The molecule has 0 amide bonds. The Kier molecular flexibility index (Phi) is 3.30. The van der Waals surface area contributed by atoms with Crippen LogP contribution < -0.4 is 5.73 Å². The minimum atomic E-state index is -0.991. The predicted molar refractivity (Wildman–Crippen MR) is 73.5 cm³/mol. The number of hydrogen-bond acceptors (Lipinski definition) is 2. The van der Waals surface area contributed by atoms with Crippen LogP contribution in [0.3, 0.4) is 0 Å². The first kappa shape index (κ1) is 12.5. The summed E-state index contributed by atoms with van der Waals surface area (Å²) in [5.74, 6) is -0.0580. The summed E-state index contributed by atoms with van der Waals surface area (Å²) in [4.78, 5) is 12.5.